The summed E-state index contributed by atoms with van der Waals surface area (Å²) < 4.78 is 17.3. The third-order valence-electron chi connectivity index (χ3n) is 4.72. The SMILES string of the molecule is COC[C@@H](C)n1c(C)cc(C(=O)COC(=O)CNC(=O)c2cccc(OC)c2)c1C. The Labute approximate surface area is 176 Å². The molecule has 1 atom stereocenters. The molecule has 0 radical (unpaired) electrons. The molecule has 162 valence electrons. The topological polar surface area (TPSA) is 95.9 Å². The van der Waals surface area contributed by atoms with Crippen LogP contribution in [0.15, 0.2) is 30.3 Å². The van der Waals surface area contributed by atoms with Gasteiger partial charge < -0.3 is 24.1 Å². The highest BCUT2D eigenvalue weighted by atomic mass is 16.5. The second-order valence-corrected chi connectivity index (χ2v) is 6.96. The van der Waals surface area contributed by atoms with E-state index < -0.39 is 18.5 Å². The lowest BCUT2D eigenvalue weighted by Crippen LogP contribution is -2.31. The van der Waals surface area contributed by atoms with Crippen molar-refractivity contribution >= 4 is 17.7 Å². The number of aryl methyl sites for hydroxylation is 1. The number of ether oxygens (including phenoxy) is 3. The number of esters is 1. The maximum absolute atomic E-state index is 12.5. The maximum atomic E-state index is 12.5. The van der Waals surface area contributed by atoms with Crippen LogP contribution in [0.1, 0.15) is 45.1 Å². The molecule has 0 spiro atoms. The second kappa shape index (κ2) is 10.6. The van der Waals surface area contributed by atoms with Crippen LogP contribution in [0.25, 0.3) is 0 Å². The zero-order chi connectivity index (χ0) is 22.3. The highest BCUT2D eigenvalue weighted by molar-refractivity contribution is 6.00. The quantitative estimate of drug-likeness (QED) is 0.472. The minimum atomic E-state index is -0.693. The minimum Gasteiger partial charge on any atom is -0.497 e. The summed E-state index contributed by atoms with van der Waals surface area (Å²) in [6.07, 6.45) is 0. The van der Waals surface area contributed by atoms with E-state index in [0.29, 0.717) is 23.5 Å². The molecule has 0 aliphatic carbocycles. The number of amides is 1. The molecule has 8 nitrogen and oxygen atoms in total. The first-order valence-corrected chi connectivity index (χ1v) is 9.56. The van der Waals surface area contributed by atoms with Crippen LogP contribution in [-0.4, -0.2) is 56.2 Å². The largest absolute Gasteiger partial charge is 0.497 e. The molecule has 1 heterocycles. The molecule has 0 saturated heterocycles. The molecule has 0 aliphatic rings. The van der Waals surface area contributed by atoms with Crippen molar-refractivity contribution in [2.24, 2.45) is 0 Å². The second-order valence-electron chi connectivity index (χ2n) is 6.96. The first-order valence-electron chi connectivity index (χ1n) is 9.56. The monoisotopic (exact) mass is 416 g/mol. The van der Waals surface area contributed by atoms with Crippen LogP contribution in [-0.2, 0) is 14.3 Å². The molecule has 0 saturated carbocycles. The summed E-state index contributed by atoms with van der Waals surface area (Å²) in [4.78, 5) is 36.6. The van der Waals surface area contributed by atoms with Crippen LogP contribution in [0.5, 0.6) is 5.75 Å². The number of nitrogens with zero attached hydrogens (tertiary/aromatic N) is 1. The fourth-order valence-electron chi connectivity index (χ4n) is 3.35. The number of aromatic nitrogens is 1. The van der Waals surface area contributed by atoms with Gasteiger partial charge in [0, 0.05) is 29.6 Å². The minimum absolute atomic E-state index is 0.0749. The van der Waals surface area contributed by atoms with Crippen LogP contribution in [0.4, 0.5) is 0 Å². The number of carbonyl (C=O) groups is 3. The van der Waals surface area contributed by atoms with Gasteiger partial charge in [0.15, 0.2) is 6.61 Å². The molecule has 1 aromatic carbocycles. The summed E-state index contributed by atoms with van der Waals surface area (Å²) in [5, 5.41) is 2.47. The molecule has 30 heavy (non-hydrogen) atoms. The average molecular weight is 416 g/mol. The summed E-state index contributed by atoms with van der Waals surface area (Å²) >= 11 is 0. The first-order chi connectivity index (χ1) is 14.3. The van der Waals surface area contributed by atoms with Gasteiger partial charge in [-0.2, -0.15) is 0 Å². The highest BCUT2D eigenvalue weighted by Gasteiger charge is 2.20. The Kier molecular flexibility index (Phi) is 8.17. The van der Waals surface area contributed by atoms with Gasteiger partial charge in [0.2, 0.25) is 5.78 Å². The number of nitrogens with one attached hydrogen (secondary N) is 1. The van der Waals surface area contributed by atoms with Crippen LogP contribution >= 0.6 is 0 Å². The fraction of sp³-hybridized carbons (Fsp3) is 0.409. The molecule has 2 aromatic rings. The molecule has 1 N–H and O–H groups in total. The van der Waals surface area contributed by atoms with Crippen molar-refractivity contribution in [1.82, 2.24) is 9.88 Å². The zero-order valence-electron chi connectivity index (χ0n) is 18.0. The van der Waals surface area contributed by atoms with E-state index in [1.807, 2.05) is 25.3 Å². The van der Waals surface area contributed by atoms with Crippen molar-refractivity contribution in [3.63, 3.8) is 0 Å². The van der Waals surface area contributed by atoms with Crippen LogP contribution < -0.4 is 10.1 Å². The lowest BCUT2D eigenvalue weighted by atomic mass is 10.1. The van der Waals surface area contributed by atoms with E-state index in [2.05, 4.69) is 5.32 Å². The van der Waals surface area contributed by atoms with Gasteiger partial charge in [0.05, 0.1) is 19.8 Å². The third kappa shape index (κ3) is 5.70. The molecular weight excluding hydrogens is 388 g/mol. The predicted octanol–water partition coefficient (Wildman–Crippen LogP) is 2.48. The van der Waals surface area contributed by atoms with Crippen LogP contribution in [0, 0.1) is 13.8 Å². The molecule has 8 heteroatoms. The number of hydrogen-bond acceptors (Lipinski definition) is 6. The highest BCUT2D eigenvalue weighted by Crippen LogP contribution is 2.21. The van der Waals surface area contributed by atoms with Gasteiger partial charge in [-0.05, 0) is 45.0 Å². The summed E-state index contributed by atoms with van der Waals surface area (Å²) in [6.45, 7) is 5.55. The standard InChI is InChI=1S/C22H28N2O6/c1-14-9-19(16(3)24(14)15(2)12-28-4)20(25)13-30-21(26)11-23-22(27)17-7-6-8-18(10-17)29-5/h6-10,15H,11-13H2,1-5H3,(H,23,27)/t15-/m1/s1. The molecule has 1 amide bonds. The van der Waals surface area contributed by atoms with Crippen molar-refractivity contribution in [3.05, 3.63) is 52.8 Å². The third-order valence-corrected chi connectivity index (χ3v) is 4.72. The predicted molar refractivity (Wildman–Crippen MR) is 111 cm³/mol. The normalized spacial score (nSPS) is 11.6. The van der Waals surface area contributed by atoms with E-state index in [1.165, 1.54) is 7.11 Å². The lowest BCUT2D eigenvalue weighted by molar-refractivity contribution is -0.141. The molecular formula is C22H28N2O6. The molecule has 0 unspecified atom stereocenters. The van der Waals surface area contributed by atoms with E-state index in [0.717, 1.165) is 11.4 Å². The molecule has 0 bridgehead atoms. The smallest absolute Gasteiger partial charge is 0.325 e. The van der Waals surface area contributed by atoms with Gasteiger partial charge in [-0.1, -0.05) is 6.07 Å². The average Bonchev–Trinajstić information content (AvgIpc) is 3.04. The van der Waals surface area contributed by atoms with E-state index >= 15 is 0 Å². The Morgan fingerprint density at radius 3 is 2.53 bits per heavy atom. The molecule has 1 aromatic heterocycles. The Morgan fingerprint density at radius 1 is 1.13 bits per heavy atom. The Morgan fingerprint density at radius 2 is 1.87 bits per heavy atom. The van der Waals surface area contributed by atoms with Gasteiger partial charge in [0.1, 0.15) is 12.3 Å². The molecule has 0 aliphatic heterocycles. The van der Waals surface area contributed by atoms with Crippen LogP contribution in [0.3, 0.4) is 0 Å². The number of hydrogen-bond donors (Lipinski definition) is 1. The van der Waals surface area contributed by atoms with E-state index in [9.17, 15) is 14.4 Å². The maximum Gasteiger partial charge on any atom is 0.325 e. The van der Waals surface area contributed by atoms with Crippen molar-refractivity contribution in [2.45, 2.75) is 26.8 Å². The van der Waals surface area contributed by atoms with Crippen molar-refractivity contribution in [3.8, 4) is 5.75 Å². The van der Waals surface area contributed by atoms with Gasteiger partial charge >= 0.3 is 5.97 Å². The van der Waals surface area contributed by atoms with Crippen molar-refractivity contribution in [2.75, 3.05) is 34.0 Å². The number of methoxy groups -OCH3 is 2. The lowest BCUT2D eigenvalue weighted by Gasteiger charge is -2.17. The Balaban J connectivity index is 1.89. The Hall–Kier alpha value is -3.13. The van der Waals surface area contributed by atoms with Gasteiger partial charge in [0.25, 0.3) is 5.91 Å². The summed E-state index contributed by atoms with van der Waals surface area (Å²) in [7, 11) is 3.13. The fourth-order valence-corrected chi connectivity index (χ4v) is 3.35. The van der Waals surface area contributed by atoms with Crippen LogP contribution in [0.2, 0.25) is 0 Å². The number of ketones is 1. The van der Waals surface area contributed by atoms with Crippen molar-refractivity contribution in [1.29, 1.82) is 0 Å². The summed E-state index contributed by atoms with van der Waals surface area (Å²) in [5.41, 5.74) is 2.58. The number of benzene rings is 1. The van der Waals surface area contributed by atoms with E-state index in [-0.39, 0.29) is 18.4 Å². The van der Waals surface area contributed by atoms with Gasteiger partial charge in [-0.15, -0.1) is 0 Å². The van der Waals surface area contributed by atoms with E-state index in [4.69, 9.17) is 14.2 Å². The van der Waals surface area contributed by atoms with Crippen molar-refractivity contribution < 1.29 is 28.6 Å². The number of rotatable bonds is 10. The Bertz CT molecular complexity index is 918. The zero-order valence-corrected chi connectivity index (χ0v) is 18.0. The first kappa shape index (κ1) is 23.2. The van der Waals surface area contributed by atoms with Gasteiger partial charge in [-0.25, -0.2) is 0 Å². The summed E-state index contributed by atoms with van der Waals surface area (Å²) in [6, 6.07) is 8.41. The number of carbonyl (C=O) groups excluding carboxylic acids is 3. The molecule has 2 rings (SSSR count). The summed E-state index contributed by atoms with van der Waals surface area (Å²) in [5.74, 6) is -0.895. The van der Waals surface area contributed by atoms with Gasteiger partial charge in [-0.3, -0.25) is 14.4 Å². The molecule has 0 fully saturated rings. The van der Waals surface area contributed by atoms with E-state index in [1.54, 1.807) is 37.4 Å². The number of Topliss-reactive ketones (excluding diaryl/α,β-unsaturated/α-hetero) is 1.